The van der Waals surface area contributed by atoms with E-state index in [-0.39, 0.29) is 17.2 Å². The predicted molar refractivity (Wildman–Crippen MR) is 103 cm³/mol. The Balaban J connectivity index is 1.94. The second-order valence-corrected chi connectivity index (χ2v) is 7.12. The van der Waals surface area contributed by atoms with Crippen LogP contribution in [0.1, 0.15) is 39.9 Å². The minimum atomic E-state index is -0.400. The zero-order valence-electron chi connectivity index (χ0n) is 14.9. The molecule has 0 aromatic carbocycles. The van der Waals surface area contributed by atoms with Crippen LogP contribution in [0.5, 0.6) is 0 Å². The molecule has 26 heavy (non-hydrogen) atoms. The minimum absolute atomic E-state index is 0.138. The van der Waals surface area contributed by atoms with Crippen molar-refractivity contribution in [2.75, 3.05) is 12.0 Å². The van der Waals surface area contributed by atoms with Gasteiger partial charge in [0.1, 0.15) is 5.56 Å². The van der Waals surface area contributed by atoms with Crippen molar-refractivity contribution in [1.82, 2.24) is 24.9 Å². The van der Waals surface area contributed by atoms with E-state index in [1.807, 2.05) is 35.1 Å². The van der Waals surface area contributed by atoms with Gasteiger partial charge in [0.2, 0.25) is 0 Å². The lowest BCUT2D eigenvalue weighted by atomic mass is 10.1. The Labute approximate surface area is 155 Å². The molecule has 0 aliphatic carbocycles. The lowest BCUT2D eigenvalue weighted by molar-refractivity contribution is 0.0931. The van der Waals surface area contributed by atoms with Gasteiger partial charge in [-0.1, -0.05) is 6.07 Å². The van der Waals surface area contributed by atoms with Gasteiger partial charge in [-0.15, -0.1) is 10.2 Å². The van der Waals surface area contributed by atoms with Gasteiger partial charge in [-0.2, -0.15) is 11.8 Å². The molecule has 8 heteroatoms. The first-order valence-corrected chi connectivity index (χ1v) is 9.70. The van der Waals surface area contributed by atoms with Crippen molar-refractivity contribution in [3.63, 3.8) is 0 Å². The van der Waals surface area contributed by atoms with Crippen molar-refractivity contribution in [3.05, 3.63) is 63.5 Å². The molecule has 1 atom stereocenters. The van der Waals surface area contributed by atoms with Crippen LogP contribution < -0.4 is 10.9 Å². The summed E-state index contributed by atoms with van der Waals surface area (Å²) >= 11 is 1.69. The van der Waals surface area contributed by atoms with E-state index in [9.17, 15) is 9.59 Å². The molecule has 3 aromatic heterocycles. The minimum Gasteiger partial charge on any atom is -0.342 e. The molecule has 7 nitrogen and oxygen atoms in total. The standard InChI is InChI=1S/C18H21N5O2S/c1-11-10-12(2)19-17(24)15(11)18(25)20-13(7-9-26-3)16-22-21-14-6-4-5-8-23(14)16/h4-6,8,10,13H,7,9H2,1-3H3,(H,19,24)(H,20,25). The summed E-state index contributed by atoms with van der Waals surface area (Å²) in [7, 11) is 0. The average molecular weight is 371 g/mol. The third-order valence-electron chi connectivity index (χ3n) is 4.16. The van der Waals surface area contributed by atoms with E-state index in [0.717, 1.165) is 17.1 Å². The number of hydrogen-bond donors (Lipinski definition) is 2. The van der Waals surface area contributed by atoms with Crippen molar-refractivity contribution in [1.29, 1.82) is 0 Å². The quantitative estimate of drug-likeness (QED) is 0.693. The number of carbonyl (C=O) groups excluding carboxylic acids is 1. The number of nitrogens with zero attached hydrogens (tertiary/aromatic N) is 3. The Bertz CT molecular complexity index is 995. The van der Waals surface area contributed by atoms with E-state index in [1.165, 1.54) is 0 Å². The SMILES string of the molecule is CSCCC(NC(=O)c1c(C)cc(C)[nH]c1=O)c1nnc2ccccn12. The number of thioether (sulfide) groups is 1. The molecule has 136 valence electrons. The molecule has 1 unspecified atom stereocenters. The summed E-state index contributed by atoms with van der Waals surface area (Å²) in [5.74, 6) is 1.10. The molecule has 0 radical (unpaired) electrons. The summed E-state index contributed by atoms with van der Waals surface area (Å²) in [5.41, 5.74) is 1.86. The first kappa shape index (κ1) is 18.2. The Hall–Kier alpha value is -2.61. The Morgan fingerprint density at radius 2 is 2.15 bits per heavy atom. The molecule has 0 fully saturated rings. The van der Waals surface area contributed by atoms with E-state index in [0.29, 0.717) is 17.8 Å². The van der Waals surface area contributed by atoms with E-state index in [4.69, 9.17) is 0 Å². The summed E-state index contributed by atoms with van der Waals surface area (Å²) in [6.07, 6.45) is 4.56. The maximum Gasteiger partial charge on any atom is 0.261 e. The molecule has 0 saturated carbocycles. The van der Waals surface area contributed by atoms with Gasteiger partial charge in [-0.25, -0.2) is 0 Å². The van der Waals surface area contributed by atoms with Crippen molar-refractivity contribution in [2.45, 2.75) is 26.3 Å². The molecule has 0 saturated heterocycles. The van der Waals surface area contributed by atoms with Crippen molar-refractivity contribution < 1.29 is 4.79 Å². The molecule has 0 aliphatic rings. The van der Waals surface area contributed by atoms with Gasteiger partial charge in [0, 0.05) is 11.9 Å². The topological polar surface area (TPSA) is 92.1 Å². The first-order valence-electron chi connectivity index (χ1n) is 8.31. The van der Waals surface area contributed by atoms with E-state index < -0.39 is 5.91 Å². The highest BCUT2D eigenvalue weighted by molar-refractivity contribution is 7.98. The van der Waals surface area contributed by atoms with E-state index in [2.05, 4.69) is 20.5 Å². The Morgan fingerprint density at radius 3 is 2.88 bits per heavy atom. The smallest absolute Gasteiger partial charge is 0.261 e. The number of rotatable bonds is 6. The number of hydrogen-bond acceptors (Lipinski definition) is 5. The number of fused-ring (bicyclic) bond motifs is 1. The molecular formula is C18H21N5O2S. The Morgan fingerprint density at radius 1 is 1.35 bits per heavy atom. The van der Waals surface area contributed by atoms with Crippen molar-refractivity contribution in [2.24, 2.45) is 0 Å². The van der Waals surface area contributed by atoms with E-state index in [1.54, 1.807) is 31.7 Å². The second kappa shape index (κ2) is 7.74. The number of aromatic nitrogens is 4. The normalized spacial score (nSPS) is 12.3. The lowest BCUT2D eigenvalue weighted by Gasteiger charge is -2.17. The third-order valence-corrected chi connectivity index (χ3v) is 4.80. The first-order chi connectivity index (χ1) is 12.5. The molecule has 0 aliphatic heterocycles. The number of aromatic amines is 1. The molecular weight excluding hydrogens is 350 g/mol. The number of amides is 1. The molecule has 0 spiro atoms. The fraction of sp³-hybridized carbons (Fsp3) is 0.333. The molecule has 3 rings (SSSR count). The average Bonchev–Trinajstić information content (AvgIpc) is 3.01. The maximum atomic E-state index is 12.8. The van der Waals surface area contributed by atoms with Gasteiger partial charge in [0.25, 0.3) is 11.5 Å². The third kappa shape index (κ3) is 3.65. The molecule has 3 heterocycles. The maximum absolute atomic E-state index is 12.8. The van der Waals surface area contributed by atoms with Gasteiger partial charge in [-0.3, -0.25) is 14.0 Å². The van der Waals surface area contributed by atoms with Gasteiger partial charge in [0.15, 0.2) is 11.5 Å². The number of carbonyl (C=O) groups is 1. The summed E-state index contributed by atoms with van der Waals surface area (Å²) in [6, 6.07) is 7.09. The van der Waals surface area contributed by atoms with Crippen LogP contribution in [0.15, 0.2) is 35.3 Å². The summed E-state index contributed by atoms with van der Waals surface area (Å²) < 4.78 is 1.86. The lowest BCUT2D eigenvalue weighted by Crippen LogP contribution is -2.35. The van der Waals surface area contributed by atoms with Crippen LogP contribution in [-0.2, 0) is 0 Å². The number of H-pyrrole nitrogens is 1. The summed E-state index contributed by atoms with van der Waals surface area (Å²) in [5, 5.41) is 11.4. The Kier molecular flexibility index (Phi) is 5.41. The monoisotopic (exact) mass is 371 g/mol. The van der Waals surface area contributed by atoms with Crippen LogP contribution in [-0.4, -0.2) is 37.5 Å². The highest BCUT2D eigenvalue weighted by atomic mass is 32.2. The second-order valence-electron chi connectivity index (χ2n) is 6.13. The number of nitrogens with one attached hydrogen (secondary N) is 2. The van der Waals surface area contributed by atoms with Gasteiger partial charge in [-0.05, 0) is 56.0 Å². The summed E-state index contributed by atoms with van der Waals surface area (Å²) in [4.78, 5) is 27.7. The van der Waals surface area contributed by atoms with Crippen molar-refractivity contribution >= 4 is 23.3 Å². The molecule has 0 bridgehead atoms. The highest BCUT2D eigenvalue weighted by Gasteiger charge is 2.23. The fourth-order valence-corrected chi connectivity index (χ4v) is 3.44. The van der Waals surface area contributed by atoms with Crippen LogP contribution in [0.25, 0.3) is 5.65 Å². The van der Waals surface area contributed by atoms with Crippen molar-refractivity contribution in [3.8, 4) is 0 Å². The van der Waals surface area contributed by atoms with Crippen LogP contribution in [0, 0.1) is 13.8 Å². The number of aryl methyl sites for hydroxylation is 2. The van der Waals surface area contributed by atoms with Gasteiger partial charge >= 0.3 is 0 Å². The predicted octanol–water partition coefficient (Wildman–Crippen LogP) is 2.26. The summed E-state index contributed by atoms with van der Waals surface area (Å²) in [6.45, 7) is 3.56. The number of pyridine rings is 2. The van der Waals surface area contributed by atoms with Crippen LogP contribution in [0.2, 0.25) is 0 Å². The largest absolute Gasteiger partial charge is 0.342 e. The molecule has 2 N–H and O–H groups in total. The zero-order valence-corrected chi connectivity index (χ0v) is 15.8. The van der Waals surface area contributed by atoms with Crippen LogP contribution in [0.3, 0.4) is 0 Å². The fourth-order valence-electron chi connectivity index (χ4n) is 2.97. The van der Waals surface area contributed by atoms with Crippen LogP contribution in [0.4, 0.5) is 0 Å². The molecule has 1 amide bonds. The van der Waals surface area contributed by atoms with Gasteiger partial charge in [0.05, 0.1) is 6.04 Å². The highest BCUT2D eigenvalue weighted by Crippen LogP contribution is 2.19. The van der Waals surface area contributed by atoms with E-state index >= 15 is 0 Å². The molecule has 3 aromatic rings. The zero-order chi connectivity index (χ0) is 18.7. The van der Waals surface area contributed by atoms with Crippen LogP contribution >= 0.6 is 11.8 Å². The van der Waals surface area contributed by atoms with Gasteiger partial charge < -0.3 is 10.3 Å².